The Bertz CT molecular complexity index is 568. The minimum absolute atomic E-state index is 0.147. The van der Waals surface area contributed by atoms with Gasteiger partial charge in [-0.1, -0.05) is 23.7 Å². The van der Waals surface area contributed by atoms with Crippen LogP contribution in [0.5, 0.6) is 5.75 Å². The quantitative estimate of drug-likeness (QED) is 0.834. The topological polar surface area (TPSA) is 33.1 Å². The van der Waals surface area contributed by atoms with Gasteiger partial charge in [0.25, 0.3) is 0 Å². The number of aryl methyl sites for hydroxylation is 1. The lowest BCUT2D eigenvalue weighted by atomic mass is 9.96. The van der Waals surface area contributed by atoms with Gasteiger partial charge < -0.3 is 5.11 Å². The molecule has 0 amide bonds. The molecule has 0 aliphatic heterocycles. The maximum absolute atomic E-state index is 9.66. The molecule has 1 unspecified atom stereocenters. The van der Waals surface area contributed by atoms with E-state index >= 15 is 0 Å². The van der Waals surface area contributed by atoms with Gasteiger partial charge in [0.15, 0.2) is 0 Å². The highest BCUT2D eigenvalue weighted by atomic mass is 35.5. The molecule has 1 aliphatic carbocycles. The fourth-order valence-electron chi connectivity index (χ4n) is 2.48. The number of hydrogen-bond donors (Lipinski definition) is 1. The van der Waals surface area contributed by atoms with E-state index in [0.29, 0.717) is 5.02 Å². The number of phenolic OH excluding ortho intramolecular Hbond substituents is 1. The van der Waals surface area contributed by atoms with Gasteiger partial charge in [-0.3, -0.25) is 4.98 Å². The summed E-state index contributed by atoms with van der Waals surface area (Å²) in [6, 6.07) is 9.55. The van der Waals surface area contributed by atoms with E-state index in [2.05, 4.69) is 11.1 Å². The van der Waals surface area contributed by atoms with E-state index in [1.165, 1.54) is 5.56 Å². The average molecular weight is 246 g/mol. The molecule has 17 heavy (non-hydrogen) atoms. The average Bonchev–Trinajstić information content (AvgIpc) is 2.76. The molecule has 1 heterocycles. The van der Waals surface area contributed by atoms with E-state index in [1.54, 1.807) is 12.1 Å². The lowest BCUT2D eigenvalue weighted by Crippen LogP contribution is -1.98. The van der Waals surface area contributed by atoms with Gasteiger partial charge in [-0.05, 0) is 42.2 Å². The maximum atomic E-state index is 9.66. The third-order valence-corrected chi connectivity index (χ3v) is 3.65. The number of halogens is 1. The molecule has 0 fully saturated rings. The molecule has 0 spiro atoms. The fourth-order valence-corrected chi connectivity index (χ4v) is 2.60. The van der Waals surface area contributed by atoms with Gasteiger partial charge >= 0.3 is 0 Å². The Labute approximate surface area is 105 Å². The molecule has 2 aromatic rings. The largest absolute Gasteiger partial charge is 0.506 e. The Balaban J connectivity index is 2.04. The van der Waals surface area contributed by atoms with Crippen LogP contribution >= 0.6 is 11.6 Å². The van der Waals surface area contributed by atoms with Crippen molar-refractivity contribution in [1.82, 2.24) is 4.98 Å². The molecular weight excluding hydrogens is 234 g/mol. The zero-order valence-electron chi connectivity index (χ0n) is 9.23. The van der Waals surface area contributed by atoms with Crippen LogP contribution in [-0.4, -0.2) is 10.1 Å². The monoisotopic (exact) mass is 245 g/mol. The number of rotatable bonds is 1. The summed E-state index contributed by atoms with van der Waals surface area (Å²) < 4.78 is 0. The first-order valence-corrected chi connectivity index (χ1v) is 6.05. The Hall–Kier alpha value is -1.54. The van der Waals surface area contributed by atoms with E-state index in [0.717, 1.165) is 24.1 Å². The van der Waals surface area contributed by atoms with Crippen molar-refractivity contribution in [2.75, 3.05) is 0 Å². The van der Waals surface area contributed by atoms with Crippen molar-refractivity contribution in [3.63, 3.8) is 0 Å². The first kappa shape index (κ1) is 10.6. The second kappa shape index (κ2) is 4.04. The van der Waals surface area contributed by atoms with Crippen LogP contribution in [0, 0.1) is 0 Å². The number of aromatic hydroxyl groups is 1. The SMILES string of the molecule is Oc1cc(C2CCc3cccnc32)ccc1Cl. The van der Waals surface area contributed by atoms with Crippen LogP contribution in [0.25, 0.3) is 0 Å². The minimum atomic E-state index is 0.147. The maximum Gasteiger partial charge on any atom is 0.134 e. The zero-order chi connectivity index (χ0) is 11.8. The van der Waals surface area contributed by atoms with Gasteiger partial charge in [0.1, 0.15) is 5.75 Å². The van der Waals surface area contributed by atoms with Gasteiger partial charge in [0.2, 0.25) is 0 Å². The van der Waals surface area contributed by atoms with Gasteiger partial charge in [-0.25, -0.2) is 0 Å². The van der Waals surface area contributed by atoms with Crippen molar-refractivity contribution in [3.05, 3.63) is 58.4 Å². The second-order valence-corrected chi connectivity index (χ2v) is 4.76. The number of aromatic nitrogens is 1. The molecule has 2 nitrogen and oxygen atoms in total. The third kappa shape index (κ3) is 1.79. The Morgan fingerprint density at radius 2 is 2.18 bits per heavy atom. The van der Waals surface area contributed by atoms with Gasteiger partial charge in [0, 0.05) is 12.1 Å². The number of fused-ring (bicyclic) bond motifs is 1. The summed E-state index contributed by atoms with van der Waals surface area (Å²) in [5.74, 6) is 0.433. The van der Waals surface area contributed by atoms with Crippen LogP contribution in [0.15, 0.2) is 36.5 Å². The summed E-state index contributed by atoms with van der Waals surface area (Å²) >= 11 is 5.82. The zero-order valence-corrected chi connectivity index (χ0v) is 9.98. The molecule has 1 atom stereocenters. The van der Waals surface area contributed by atoms with Gasteiger partial charge in [0.05, 0.1) is 10.7 Å². The second-order valence-electron chi connectivity index (χ2n) is 4.35. The molecule has 0 bridgehead atoms. The van der Waals surface area contributed by atoms with E-state index in [4.69, 9.17) is 11.6 Å². The molecule has 3 heteroatoms. The number of phenols is 1. The Kier molecular flexibility index (Phi) is 2.52. The number of hydrogen-bond acceptors (Lipinski definition) is 2. The molecule has 1 N–H and O–H groups in total. The lowest BCUT2D eigenvalue weighted by molar-refractivity contribution is 0.474. The lowest BCUT2D eigenvalue weighted by Gasteiger charge is -2.11. The van der Waals surface area contributed by atoms with E-state index < -0.39 is 0 Å². The van der Waals surface area contributed by atoms with Crippen LogP contribution in [0.4, 0.5) is 0 Å². The van der Waals surface area contributed by atoms with Crippen LogP contribution in [-0.2, 0) is 6.42 Å². The Morgan fingerprint density at radius 1 is 1.29 bits per heavy atom. The summed E-state index contributed by atoms with van der Waals surface area (Å²) in [7, 11) is 0. The predicted octanol–water partition coefficient (Wildman–Crippen LogP) is 3.52. The molecule has 86 valence electrons. The summed E-state index contributed by atoms with van der Waals surface area (Å²) in [6.45, 7) is 0. The van der Waals surface area contributed by atoms with Gasteiger partial charge in [-0.2, -0.15) is 0 Å². The third-order valence-electron chi connectivity index (χ3n) is 3.33. The van der Waals surface area contributed by atoms with Crippen molar-refractivity contribution in [2.24, 2.45) is 0 Å². The normalized spacial score (nSPS) is 18.1. The number of nitrogens with zero attached hydrogens (tertiary/aromatic N) is 1. The molecule has 3 rings (SSSR count). The van der Waals surface area contributed by atoms with Crippen LogP contribution in [0.3, 0.4) is 0 Å². The number of benzene rings is 1. The van der Waals surface area contributed by atoms with Crippen molar-refractivity contribution in [3.8, 4) is 5.75 Å². The van der Waals surface area contributed by atoms with Crippen LogP contribution < -0.4 is 0 Å². The van der Waals surface area contributed by atoms with Crippen LogP contribution in [0.2, 0.25) is 5.02 Å². The first-order chi connectivity index (χ1) is 8.25. The highest BCUT2D eigenvalue weighted by Gasteiger charge is 2.25. The van der Waals surface area contributed by atoms with E-state index in [-0.39, 0.29) is 11.7 Å². The summed E-state index contributed by atoms with van der Waals surface area (Å²) in [5.41, 5.74) is 3.53. The van der Waals surface area contributed by atoms with Crippen molar-refractivity contribution >= 4 is 11.6 Å². The fraction of sp³-hybridized carbons (Fsp3) is 0.214. The summed E-state index contributed by atoms with van der Waals surface area (Å²) in [6.07, 6.45) is 3.93. The van der Waals surface area contributed by atoms with Gasteiger partial charge in [-0.15, -0.1) is 0 Å². The standard InChI is InChI=1S/C14H12ClNO/c15-12-6-4-10(8-13(12)17)11-5-3-9-2-1-7-16-14(9)11/h1-2,4,6-8,11,17H,3,5H2. The van der Waals surface area contributed by atoms with Crippen molar-refractivity contribution < 1.29 is 5.11 Å². The molecule has 0 radical (unpaired) electrons. The van der Waals surface area contributed by atoms with E-state index in [1.807, 2.05) is 18.3 Å². The van der Waals surface area contributed by atoms with Crippen LogP contribution in [0.1, 0.15) is 29.2 Å². The number of pyridine rings is 1. The van der Waals surface area contributed by atoms with Crippen molar-refractivity contribution in [1.29, 1.82) is 0 Å². The molecule has 1 aliphatic rings. The van der Waals surface area contributed by atoms with Crippen molar-refractivity contribution in [2.45, 2.75) is 18.8 Å². The summed E-state index contributed by atoms with van der Waals surface area (Å²) in [4.78, 5) is 4.45. The molecule has 0 saturated carbocycles. The summed E-state index contributed by atoms with van der Waals surface area (Å²) in [5, 5.41) is 10.1. The minimum Gasteiger partial charge on any atom is -0.506 e. The predicted molar refractivity (Wildman–Crippen MR) is 67.5 cm³/mol. The molecule has 0 saturated heterocycles. The highest BCUT2D eigenvalue weighted by molar-refractivity contribution is 6.32. The first-order valence-electron chi connectivity index (χ1n) is 5.68. The van der Waals surface area contributed by atoms with E-state index in [9.17, 15) is 5.11 Å². The molecular formula is C14H12ClNO. The smallest absolute Gasteiger partial charge is 0.134 e. The Morgan fingerprint density at radius 3 is 3.00 bits per heavy atom. The molecule has 1 aromatic carbocycles. The molecule has 1 aromatic heterocycles. The highest BCUT2D eigenvalue weighted by Crippen LogP contribution is 2.38.